The first-order valence-corrected chi connectivity index (χ1v) is 12.5. The molecular weight excluding hydrogens is 448 g/mol. The fourth-order valence-electron chi connectivity index (χ4n) is 5.55. The average molecular weight is 477 g/mol. The summed E-state index contributed by atoms with van der Waals surface area (Å²) >= 11 is 0. The van der Waals surface area contributed by atoms with Crippen molar-refractivity contribution in [2.75, 3.05) is 18.4 Å². The number of hydrogen-bond donors (Lipinski definition) is 1. The van der Waals surface area contributed by atoms with E-state index in [1.165, 1.54) is 0 Å². The smallest absolute Gasteiger partial charge is 0.274 e. The Kier molecular flexibility index (Phi) is 5.85. The van der Waals surface area contributed by atoms with Crippen LogP contribution in [0.3, 0.4) is 0 Å². The van der Waals surface area contributed by atoms with Crippen molar-refractivity contribution >= 4 is 11.6 Å². The van der Waals surface area contributed by atoms with Crippen LogP contribution in [0.15, 0.2) is 95.9 Å². The molecule has 0 radical (unpaired) electrons. The van der Waals surface area contributed by atoms with E-state index in [0.717, 1.165) is 28.9 Å². The summed E-state index contributed by atoms with van der Waals surface area (Å²) in [5, 5.41) is 3.25. The highest BCUT2D eigenvalue weighted by atomic mass is 16.2. The number of nitrogens with one attached hydrogen (secondary N) is 1. The lowest BCUT2D eigenvalue weighted by molar-refractivity contribution is 0.0594. The van der Waals surface area contributed by atoms with Gasteiger partial charge in [-0.15, -0.1) is 0 Å². The van der Waals surface area contributed by atoms with Gasteiger partial charge in [0.05, 0.1) is 12.2 Å². The van der Waals surface area contributed by atoms with Gasteiger partial charge in [0, 0.05) is 43.0 Å². The van der Waals surface area contributed by atoms with Crippen LogP contribution >= 0.6 is 0 Å². The van der Waals surface area contributed by atoms with Crippen LogP contribution in [-0.2, 0) is 13.1 Å². The number of hydrogen-bond acceptors (Lipinski definition) is 4. The molecule has 0 saturated carbocycles. The van der Waals surface area contributed by atoms with Gasteiger partial charge >= 0.3 is 0 Å². The lowest BCUT2D eigenvalue weighted by Crippen LogP contribution is -2.49. The van der Waals surface area contributed by atoms with Gasteiger partial charge in [-0.1, -0.05) is 48.5 Å². The van der Waals surface area contributed by atoms with Gasteiger partial charge in [-0.05, 0) is 59.9 Å². The molecule has 1 amide bonds. The van der Waals surface area contributed by atoms with Crippen LogP contribution in [0.25, 0.3) is 11.1 Å². The number of carbonyl (C=O) groups excluding carboxylic acids is 1. The van der Waals surface area contributed by atoms with Gasteiger partial charge in [0.2, 0.25) is 0 Å². The van der Waals surface area contributed by atoms with Crippen LogP contribution in [0.5, 0.6) is 0 Å². The number of aromatic nitrogens is 2. The number of nitrogens with zero attached hydrogens (tertiary/aromatic N) is 3. The Bertz CT molecular complexity index is 1430. The molecule has 6 heteroatoms. The standard InChI is InChI=1S/C30H28N4O2/c35-29(24-11-9-23(10-12-24)22-6-2-1-3-7-22)33-18-21-16-25(20-33)28-14-13-27(30(36)34(28)19-21)32-17-26-8-4-5-15-31-26/h1-15,21,25,32H,16-20H2/t21-,25+/m0/s1. The van der Waals surface area contributed by atoms with Crippen LogP contribution in [0.2, 0.25) is 0 Å². The van der Waals surface area contributed by atoms with E-state index in [0.29, 0.717) is 37.4 Å². The molecule has 2 aliphatic rings. The topological polar surface area (TPSA) is 67.2 Å². The molecule has 6 nitrogen and oxygen atoms in total. The molecule has 2 atom stereocenters. The zero-order valence-electron chi connectivity index (χ0n) is 20.0. The molecular formula is C30H28N4O2. The molecule has 1 saturated heterocycles. The van der Waals surface area contributed by atoms with Gasteiger partial charge in [0.15, 0.2) is 0 Å². The first-order chi connectivity index (χ1) is 17.7. The molecule has 0 spiro atoms. The van der Waals surface area contributed by atoms with Gasteiger partial charge in [0.25, 0.3) is 11.5 Å². The molecule has 2 aliphatic heterocycles. The Morgan fingerprint density at radius 1 is 0.861 bits per heavy atom. The Hall–Kier alpha value is -4.19. The normalized spacial score (nSPS) is 18.4. The largest absolute Gasteiger partial charge is 0.375 e. The molecule has 0 aliphatic carbocycles. The Morgan fingerprint density at radius 3 is 2.42 bits per heavy atom. The summed E-state index contributed by atoms with van der Waals surface area (Å²) in [6, 6.07) is 27.7. The van der Waals surface area contributed by atoms with Crippen LogP contribution in [0.4, 0.5) is 5.69 Å². The lowest BCUT2D eigenvalue weighted by atomic mass is 9.83. The molecule has 6 rings (SSSR count). The van der Waals surface area contributed by atoms with Crippen LogP contribution < -0.4 is 10.9 Å². The highest BCUT2D eigenvalue weighted by molar-refractivity contribution is 5.95. The Balaban J connectivity index is 1.18. The minimum absolute atomic E-state index is 0.00871. The first-order valence-electron chi connectivity index (χ1n) is 12.5. The second-order valence-electron chi connectivity index (χ2n) is 9.71. The van der Waals surface area contributed by atoms with E-state index in [4.69, 9.17) is 0 Å². The molecule has 2 aromatic carbocycles. The van der Waals surface area contributed by atoms with Crippen molar-refractivity contribution in [2.45, 2.75) is 25.4 Å². The van der Waals surface area contributed by atoms with E-state index in [1.807, 2.05) is 82.3 Å². The molecule has 2 bridgehead atoms. The Morgan fingerprint density at radius 2 is 1.64 bits per heavy atom. The number of benzene rings is 2. The van der Waals surface area contributed by atoms with Gasteiger partial charge in [0.1, 0.15) is 5.69 Å². The minimum atomic E-state index is 0.00871. The molecule has 4 aromatic rings. The maximum absolute atomic E-state index is 13.4. The lowest BCUT2D eigenvalue weighted by Gasteiger charge is -2.43. The molecule has 1 N–H and O–H groups in total. The van der Waals surface area contributed by atoms with E-state index in [2.05, 4.69) is 22.4 Å². The predicted octanol–water partition coefficient (Wildman–Crippen LogP) is 4.78. The summed E-state index contributed by atoms with van der Waals surface area (Å²) < 4.78 is 1.91. The number of anilines is 1. The fourth-order valence-corrected chi connectivity index (χ4v) is 5.55. The SMILES string of the molecule is O=C(c1ccc(-c2ccccc2)cc1)N1C[C@@H]2C[C@H](C1)c1ccc(NCc3ccccn3)c(=O)n1C2. The zero-order chi connectivity index (χ0) is 24.5. The molecule has 2 aromatic heterocycles. The van der Waals surface area contributed by atoms with Crippen molar-refractivity contribution in [3.8, 4) is 11.1 Å². The number of likely N-dealkylation sites (tertiary alicyclic amines) is 1. The summed E-state index contributed by atoms with van der Waals surface area (Å²) in [5.74, 6) is 0.504. The van der Waals surface area contributed by atoms with Crippen molar-refractivity contribution in [2.24, 2.45) is 5.92 Å². The Labute approximate surface area is 210 Å². The molecule has 1 fully saturated rings. The van der Waals surface area contributed by atoms with Crippen LogP contribution in [-0.4, -0.2) is 33.4 Å². The number of pyridine rings is 2. The number of amides is 1. The highest BCUT2D eigenvalue weighted by Gasteiger charge is 2.36. The fraction of sp³-hybridized carbons (Fsp3) is 0.233. The summed E-state index contributed by atoms with van der Waals surface area (Å²) in [6.07, 6.45) is 2.76. The highest BCUT2D eigenvalue weighted by Crippen LogP contribution is 2.36. The van der Waals surface area contributed by atoms with E-state index < -0.39 is 0 Å². The van der Waals surface area contributed by atoms with Crippen LogP contribution in [0, 0.1) is 5.92 Å². The monoisotopic (exact) mass is 476 g/mol. The summed E-state index contributed by atoms with van der Waals surface area (Å²) in [5.41, 5.74) is 5.47. The van der Waals surface area contributed by atoms with Gasteiger partial charge < -0.3 is 14.8 Å². The summed E-state index contributed by atoms with van der Waals surface area (Å²) in [4.78, 5) is 32.9. The maximum Gasteiger partial charge on any atom is 0.274 e. The van der Waals surface area contributed by atoms with Crippen molar-refractivity contribution < 1.29 is 4.79 Å². The predicted molar refractivity (Wildman–Crippen MR) is 141 cm³/mol. The molecule has 4 heterocycles. The van der Waals surface area contributed by atoms with Gasteiger partial charge in [-0.25, -0.2) is 0 Å². The van der Waals surface area contributed by atoms with E-state index in [-0.39, 0.29) is 23.3 Å². The van der Waals surface area contributed by atoms with Crippen molar-refractivity contribution in [1.29, 1.82) is 0 Å². The van der Waals surface area contributed by atoms with Crippen molar-refractivity contribution in [3.63, 3.8) is 0 Å². The van der Waals surface area contributed by atoms with E-state index in [1.54, 1.807) is 6.20 Å². The van der Waals surface area contributed by atoms with Crippen molar-refractivity contribution in [3.05, 3.63) is 118 Å². The third-order valence-corrected chi connectivity index (χ3v) is 7.32. The quantitative estimate of drug-likeness (QED) is 0.450. The summed E-state index contributed by atoms with van der Waals surface area (Å²) in [7, 11) is 0. The average Bonchev–Trinajstić information content (AvgIpc) is 2.94. The number of carbonyl (C=O) groups is 1. The number of piperidine rings is 1. The number of fused-ring (bicyclic) bond motifs is 4. The number of rotatable bonds is 5. The summed E-state index contributed by atoms with van der Waals surface area (Å²) in [6.45, 7) is 2.46. The van der Waals surface area contributed by atoms with E-state index in [9.17, 15) is 9.59 Å². The molecule has 36 heavy (non-hydrogen) atoms. The molecule has 180 valence electrons. The van der Waals surface area contributed by atoms with Crippen molar-refractivity contribution in [1.82, 2.24) is 14.5 Å². The second kappa shape index (κ2) is 9.46. The minimum Gasteiger partial charge on any atom is -0.375 e. The zero-order valence-corrected chi connectivity index (χ0v) is 20.0. The maximum atomic E-state index is 13.4. The molecule has 0 unspecified atom stereocenters. The first kappa shape index (κ1) is 22.3. The van der Waals surface area contributed by atoms with Gasteiger partial charge in [-0.2, -0.15) is 0 Å². The van der Waals surface area contributed by atoms with Crippen LogP contribution in [0.1, 0.15) is 34.1 Å². The third kappa shape index (κ3) is 4.31. The van der Waals surface area contributed by atoms with Gasteiger partial charge in [-0.3, -0.25) is 14.6 Å². The second-order valence-corrected chi connectivity index (χ2v) is 9.71. The third-order valence-electron chi connectivity index (χ3n) is 7.32. The van der Waals surface area contributed by atoms with E-state index >= 15 is 0 Å².